The number of benzene rings is 2. The molecule has 27 heavy (non-hydrogen) atoms. The molecule has 0 radical (unpaired) electrons. The Hall–Kier alpha value is -3.60. The van der Waals surface area contributed by atoms with Gasteiger partial charge in [0.1, 0.15) is 11.4 Å². The van der Waals surface area contributed by atoms with Gasteiger partial charge in [0, 0.05) is 18.0 Å². The second-order valence-electron chi connectivity index (χ2n) is 6.22. The quantitative estimate of drug-likeness (QED) is 0.583. The van der Waals surface area contributed by atoms with Gasteiger partial charge in [-0.2, -0.15) is 0 Å². The molecule has 0 bridgehead atoms. The fourth-order valence-corrected chi connectivity index (χ4v) is 3.01. The van der Waals surface area contributed by atoms with E-state index in [9.17, 15) is 4.79 Å². The van der Waals surface area contributed by atoms with E-state index >= 15 is 0 Å². The first-order valence-electron chi connectivity index (χ1n) is 8.69. The van der Waals surface area contributed by atoms with Crippen LogP contribution in [0, 0.1) is 0 Å². The number of anilines is 1. The van der Waals surface area contributed by atoms with Gasteiger partial charge >= 0.3 is 0 Å². The molecule has 0 fully saturated rings. The van der Waals surface area contributed by atoms with Gasteiger partial charge in [-0.05, 0) is 35.9 Å². The Labute approximate surface area is 157 Å². The van der Waals surface area contributed by atoms with Crippen molar-refractivity contribution in [3.8, 4) is 17.0 Å². The first-order chi connectivity index (χ1) is 13.2. The van der Waals surface area contributed by atoms with E-state index in [1.165, 1.54) is 0 Å². The van der Waals surface area contributed by atoms with Gasteiger partial charge in [-0.25, -0.2) is 4.98 Å². The number of amides is 1. The summed E-state index contributed by atoms with van der Waals surface area (Å²) in [4.78, 5) is 17.1. The number of imidazole rings is 1. The first kappa shape index (κ1) is 16.8. The highest BCUT2D eigenvalue weighted by Gasteiger charge is 2.12. The molecule has 4 aromatic rings. The molecule has 5 nitrogen and oxygen atoms in total. The van der Waals surface area contributed by atoms with Crippen molar-refractivity contribution in [1.82, 2.24) is 9.38 Å². The van der Waals surface area contributed by atoms with E-state index in [1.807, 2.05) is 83.5 Å². The number of hydrogen-bond acceptors (Lipinski definition) is 3. The van der Waals surface area contributed by atoms with Crippen LogP contribution in [0.25, 0.3) is 16.9 Å². The van der Waals surface area contributed by atoms with E-state index in [2.05, 4.69) is 10.3 Å². The van der Waals surface area contributed by atoms with Crippen LogP contribution in [0.1, 0.15) is 5.56 Å². The zero-order valence-corrected chi connectivity index (χ0v) is 14.9. The molecule has 0 saturated heterocycles. The number of methoxy groups -OCH3 is 1. The van der Waals surface area contributed by atoms with Gasteiger partial charge in [-0.15, -0.1) is 0 Å². The number of rotatable bonds is 5. The maximum Gasteiger partial charge on any atom is 0.228 e. The molecule has 5 heteroatoms. The van der Waals surface area contributed by atoms with Crippen LogP contribution in [0.4, 0.5) is 5.69 Å². The van der Waals surface area contributed by atoms with Crippen LogP contribution in [0.3, 0.4) is 0 Å². The number of ether oxygens (including phenoxy) is 1. The third-order valence-electron chi connectivity index (χ3n) is 4.34. The Kier molecular flexibility index (Phi) is 4.58. The van der Waals surface area contributed by atoms with Gasteiger partial charge in [-0.1, -0.05) is 36.4 Å². The highest BCUT2D eigenvalue weighted by atomic mass is 16.5. The molecule has 2 aromatic heterocycles. The summed E-state index contributed by atoms with van der Waals surface area (Å²) in [6.07, 6.45) is 4.23. The van der Waals surface area contributed by atoms with E-state index < -0.39 is 0 Å². The van der Waals surface area contributed by atoms with E-state index in [4.69, 9.17) is 4.74 Å². The van der Waals surface area contributed by atoms with Crippen molar-refractivity contribution < 1.29 is 9.53 Å². The zero-order chi connectivity index (χ0) is 18.6. The smallest absolute Gasteiger partial charge is 0.228 e. The van der Waals surface area contributed by atoms with Crippen molar-refractivity contribution in [2.24, 2.45) is 0 Å². The highest BCUT2D eigenvalue weighted by molar-refractivity contribution is 5.94. The Morgan fingerprint density at radius 3 is 2.67 bits per heavy atom. The first-order valence-corrected chi connectivity index (χ1v) is 8.69. The summed E-state index contributed by atoms with van der Waals surface area (Å²) in [5.74, 6) is 0.524. The van der Waals surface area contributed by atoms with Crippen molar-refractivity contribution in [1.29, 1.82) is 0 Å². The minimum atomic E-state index is -0.0911. The average molecular weight is 357 g/mol. The molecule has 0 spiro atoms. The van der Waals surface area contributed by atoms with Crippen molar-refractivity contribution in [3.05, 3.63) is 84.7 Å². The van der Waals surface area contributed by atoms with Crippen molar-refractivity contribution in [3.63, 3.8) is 0 Å². The lowest BCUT2D eigenvalue weighted by Crippen LogP contribution is -2.15. The van der Waals surface area contributed by atoms with Crippen molar-refractivity contribution in [2.75, 3.05) is 12.4 Å². The van der Waals surface area contributed by atoms with Crippen LogP contribution in [0.15, 0.2) is 79.1 Å². The molecule has 0 aliphatic rings. The van der Waals surface area contributed by atoms with Gasteiger partial charge in [0.25, 0.3) is 0 Å². The van der Waals surface area contributed by atoms with E-state index in [-0.39, 0.29) is 5.91 Å². The van der Waals surface area contributed by atoms with E-state index in [0.29, 0.717) is 17.9 Å². The van der Waals surface area contributed by atoms with E-state index in [0.717, 1.165) is 22.5 Å². The number of carbonyl (C=O) groups is 1. The minimum Gasteiger partial charge on any atom is -0.495 e. The summed E-state index contributed by atoms with van der Waals surface area (Å²) in [6, 6.07) is 21.2. The molecule has 2 heterocycles. The summed E-state index contributed by atoms with van der Waals surface area (Å²) >= 11 is 0. The average Bonchev–Trinajstić information content (AvgIpc) is 3.13. The number of hydrogen-bond donors (Lipinski definition) is 1. The maximum atomic E-state index is 12.5. The fourth-order valence-electron chi connectivity index (χ4n) is 3.01. The summed E-state index contributed by atoms with van der Waals surface area (Å²) in [7, 11) is 1.59. The molecule has 2 aromatic carbocycles. The lowest BCUT2D eigenvalue weighted by atomic mass is 10.1. The van der Waals surface area contributed by atoms with Gasteiger partial charge < -0.3 is 14.5 Å². The zero-order valence-electron chi connectivity index (χ0n) is 14.9. The minimum absolute atomic E-state index is 0.0911. The Balaban J connectivity index is 1.61. The molecule has 0 saturated carbocycles. The number of fused-ring (bicyclic) bond motifs is 1. The topological polar surface area (TPSA) is 55.6 Å². The van der Waals surface area contributed by atoms with Gasteiger partial charge in [0.2, 0.25) is 5.91 Å². The second kappa shape index (κ2) is 7.33. The predicted octanol–water partition coefficient (Wildman–Crippen LogP) is 4.19. The Bertz CT molecular complexity index is 1050. The lowest BCUT2D eigenvalue weighted by Gasteiger charge is -2.11. The molecule has 0 atom stereocenters. The largest absolute Gasteiger partial charge is 0.495 e. The van der Waals surface area contributed by atoms with Crippen molar-refractivity contribution in [2.45, 2.75) is 6.42 Å². The predicted molar refractivity (Wildman–Crippen MR) is 106 cm³/mol. The summed E-state index contributed by atoms with van der Waals surface area (Å²) in [6.45, 7) is 0. The number of nitrogens with zero attached hydrogens (tertiary/aromatic N) is 2. The van der Waals surface area contributed by atoms with Crippen LogP contribution >= 0.6 is 0 Å². The Morgan fingerprint density at radius 2 is 1.89 bits per heavy atom. The third-order valence-corrected chi connectivity index (χ3v) is 4.34. The molecule has 0 aliphatic heterocycles. The number of pyridine rings is 1. The monoisotopic (exact) mass is 357 g/mol. The van der Waals surface area contributed by atoms with Crippen LogP contribution in [-0.2, 0) is 11.2 Å². The van der Waals surface area contributed by atoms with Crippen LogP contribution in [0.5, 0.6) is 5.75 Å². The fraction of sp³-hybridized carbons (Fsp3) is 0.0909. The SMILES string of the molecule is COc1ccc(-c2cn3ccccc3n2)cc1NC(=O)Cc1ccccc1. The number of aromatic nitrogens is 2. The number of nitrogens with one attached hydrogen (secondary N) is 1. The van der Waals surface area contributed by atoms with Gasteiger partial charge in [-0.3, -0.25) is 4.79 Å². The van der Waals surface area contributed by atoms with Crippen molar-refractivity contribution >= 4 is 17.2 Å². The highest BCUT2D eigenvalue weighted by Crippen LogP contribution is 2.30. The number of carbonyl (C=O) groups excluding carboxylic acids is 1. The molecule has 134 valence electrons. The summed E-state index contributed by atoms with van der Waals surface area (Å²) in [5.41, 5.74) is 4.22. The molecular formula is C22H19N3O2. The van der Waals surface area contributed by atoms with Crippen LogP contribution in [-0.4, -0.2) is 22.4 Å². The molecule has 1 N–H and O–H groups in total. The molecule has 0 unspecified atom stereocenters. The molecule has 1 amide bonds. The molecule has 0 aliphatic carbocycles. The summed E-state index contributed by atoms with van der Waals surface area (Å²) in [5, 5.41) is 2.96. The van der Waals surface area contributed by atoms with Gasteiger partial charge in [0.05, 0.1) is 24.9 Å². The lowest BCUT2D eigenvalue weighted by molar-refractivity contribution is -0.115. The standard InChI is InChI=1S/C22H19N3O2/c1-27-20-11-10-17(19-15-25-12-6-5-9-21(25)23-19)14-18(20)24-22(26)13-16-7-3-2-4-8-16/h2-12,14-15H,13H2,1H3,(H,24,26). The van der Waals surface area contributed by atoms with E-state index in [1.54, 1.807) is 7.11 Å². The third kappa shape index (κ3) is 3.67. The van der Waals surface area contributed by atoms with Crippen LogP contribution in [0.2, 0.25) is 0 Å². The Morgan fingerprint density at radius 1 is 1.07 bits per heavy atom. The second-order valence-corrected chi connectivity index (χ2v) is 6.22. The molecular weight excluding hydrogens is 338 g/mol. The summed E-state index contributed by atoms with van der Waals surface area (Å²) < 4.78 is 7.37. The maximum absolute atomic E-state index is 12.5. The molecule has 4 rings (SSSR count). The van der Waals surface area contributed by atoms with Crippen LogP contribution < -0.4 is 10.1 Å². The van der Waals surface area contributed by atoms with Gasteiger partial charge in [0.15, 0.2) is 0 Å². The normalized spacial score (nSPS) is 10.7.